The highest BCUT2D eigenvalue weighted by Gasteiger charge is 2.35. The van der Waals surface area contributed by atoms with E-state index in [-0.39, 0.29) is 12.2 Å². The number of carbonyl (C=O) groups is 1. The summed E-state index contributed by atoms with van der Waals surface area (Å²) < 4.78 is 19.5. The summed E-state index contributed by atoms with van der Waals surface area (Å²) in [4.78, 5) is 33.2. The minimum absolute atomic E-state index is 0.200. The summed E-state index contributed by atoms with van der Waals surface area (Å²) in [7, 11) is 3.18. The van der Waals surface area contributed by atoms with Crippen molar-refractivity contribution in [2.45, 2.75) is 32.7 Å². The number of esters is 1. The van der Waals surface area contributed by atoms with Crippen LogP contribution >= 0.6 is 33.9 Å². The number of hydrogen-bond donors (Lipinski definition) is 0. The average Bonchev–Trinajstić information content (AvgIpc) is 3.30. The van der Waals surface area contributed by atoms with Crippen molar-refractivity contribution >= 4 is 51.7 Å². The lowest BCUT2D eigenvalue weighted by atomic mass is 9.91. The summed E-state index contributed by atoms with van der Waals surface area (Å²) in [5.74, 6) is 1.04. The van der Waals surface area contributed by atoms with Gasteiger partial charge in [0.2, 0.25) is 0 Å². The Hall–Kier alpha value is -3.70. The Morgan fingerprint density at radius 2 is 1.79 bits per heavy atom. The first kappa shape index (κ1) is 29.8. The lowest BCUT2D eigenvalue weighted by molar-refractivity contribution is -0.138. The topological polar surface area (TPSA) is 79.1 Å². The molecule has 0 aliphatic carbocycles. The van der Waals surface area contributed by atoms with Crippen molar-refractivity contribution in [3.63, 3.8) is 0 Å². The van der Waals surface area contributed by atoms with Crippen molar-refractivity contribution in [2.75, 3.05) is 20.8 Å². The van der Waals surface area contributed by atoms with Gasteiger partial charge in [-0.3, -0.25) is 9.36 Å². The van der Waals surface area contributed by atoms with Crippen molar-refractivity contribution in [3.05, 3.63) is 118 Å². The monoisotopic (exact) mass is 694 g/mol. The van der Waals surface area contributed by atoms with Crippen LogP contribution < -0.4 is 24.4 Å². The molecule has 0 bridgehead atoms. The van der Waals surface area contributed by atoms with Crippen LogP contribution in [0.15, 0.2) is 82.1 Å². The van der Waals surface area contributed by atoms with Crippen LogP contribution in [-0.4, -0.2) is 31.4 Å². The second kappa shape index (κ2) is 12.7. The Kier molecular flexibility index (Phi) is 8.98. The maximum Gasteiger partial charge on any atom is 0.338 e. The van der Waals surface area contributed by atoms with E-state index in [0.717, 1.165) is 20.3 Å². The van der Waals surface area contributed by atoms with Gasteiger partial charge in [-0.15, -0.1) is 0 Å². The molecule has 0 amide bonds. The molecule has 4 aromatic rings. The third kappa shape index (κ3) is 5.67. The first-order valence-electron chi connectivity index (χ1n) is 13.6. The molecule has 0 saturated heterocycles. The number of carbonyl (C=O) groups excluding carboxylic acids is 1. The van der Waals surface area contributed by atoms with Gasteiger partial charge in [-0.05, 0) is 70.3 Å². The van der Waals surface area contributed by atoms with E-state index in [1.165, 1.54) is 16.9 Å². The zero-order chi connectivity index (χ0) is 30.0. The molecule has 3 aromatic carbocycles. The van der Waals surface area contributed by atoms with Gasteiger partial charge in [-0.1, -0.05) is 79.8 Å². The summed E-state index contributed by atoms with van der Waals surface area (Å²) in [5, 5.41) is 0. The van der Waals surface area contributed by atoms with E-state index in [1.807, 2.05) is 72.8 Å². The van der Waals surface area contributed by atoms with Gasteiger partial charge in [0.05, 0.1) is 46.2 Å². The average molecular weight is 695 g/mol. The number of halogens is 1. The van der Waals surface area contributed by atoms with Gasteiger partial charge in [-0.2, -0.15) is 0 Å². The van der Waals surface area contributed by atoms with Crippen LogP contribution in [0.5, 0.6) is 11.5 Å². The predicted molar refractivity (Wildman–Crippen MR) is 174 cm³/mol. The number of aromatic nitrogens is 1. The normalized spacial score (nSPS) is 14.9. The van der Waals surface area contributed by atoms with E-state index in [9.17, 15) is 9.59 Å². The highest BCUT2D eigenvalue weighted by Crippen LogP contribution is 2.36. The van der Waals surface area contributed by atoms with Crippen molar-refractivity contribution in [1.29, 1.82) is 0 Å². The molecule has 7 nitrogen and oxygen atoms in total. The first-order chi connectivity index (χ1) is 20.3. The third-order valence-corrected chi connectivity index (χ3v) is 8.83. The lowest BCUT2D eigenvalue weighted by Crippen LogP contribution is -2.40. The SMILES string of the molecule is CCOC(=O)C1=C(c2ccccc2)N=c2s/c(=C\c3cc(I)c(OC)c(OC)c3)c(=O)n2[C@@H]1c1ccc(C(C)C)cc1. The number of nitrogens with zero attached hydrogens (tertiary/aromatic N) is 2. The quantitative estimate of drug-likeness (QED) is 0.175. The fourth-order valence-electron chi connectivity index (χ4n) is 4.99. The molecule has 2 heterocycles. The Morgan fingerprint density at radius 3 is 2.40 bits per heavy atom. The van der Waals surface area contributed by atoms with Gasteiger partial charge in [0.1, 0.15) is 0 Å². The summed E-state index contributed by atoms with van der Waals surface area (Å²) >= 11 is 3.47. The van der Waals surface area contributed by atoms with Crippen molar-refractivity contribution in [2.24, 2.45) is 4.99 Å². The molecule has 0 unspecified atom stereocenters. The molecule has 216 valence electrons. The van der Waals surface area contributed by atoms with Gasteiger partial charge >= 0.3 is 5.97 Å². The molecule has 9 heteroatoms. The number of benzene rings is 3. The van der Waals surface area contributed by atoms with Gasteiger partial charge in [-0.25, -0.2) is 9.79 Å². The minimum atomic E-state index is -0.718. The molecule has 5 rings (SSSR count). The van der Waals surface area contributed by atoms with E-state index in [2.05, 4.69) is 36.4 Å². The Morgan fingerprint density at radius 1 is 1.07 bits per heavy atom. The summed E-state index contributed by atoms with van der Waals surface area (Å²) in [6, 6.07) is 20.7. The molecule has 1 atom stereocenters. The standard InChI is InChI=1S/C33H31IN2O5S/c1-6-41-32(38)27-28(22-10-8-7-9-11-22)35-33-36(29(27)23-14-12-21(13-15-23)19(2)3)31(37)26(42-33)18-20-16-24(34)30(40-5)25(17-20)39-4/h7-19,29H,6H2,1-5H3/b26-18-/t29-/m1/s1. The van der Waals surface area contributed by atoms with Crippen LogP contribution in [0.25, 0.3) is 11.8 Å². The highest BCUT2D eigenvalue weighted by molar-refractivity contribution is 14.1. The maximum atomic E-state index is 14.2. The minimum Gasteiger partial charge on any atom is -0.493 e. The third-order valence-electron chi connectivity index (χ3n) is 7.05. The molecule has 0 spiro atoms. The molecule has 1 aromatic heterocycles. The number of rotatable bonds is 8. The zero-order valence-electron chi connectivity index (χ0n) is 24.0. The summed E-state index contributed by atoms with van der Waals surface area (Å²) in [6.45, 7) is 6.23. The van der Waals surface area contributed by atoms with Crippen LogP contribution in [0.2, 0.25) is 0 Å². The van der Waals surface area contributed by atoms with Crippen LogP contribution in [0, 0.1) is 3.57 Å². The fourth-order valence-corrected chi connectivity index (χ4v) is 6.84. The first-order valence-corrected chi connectivity index (χ1v) is 15.5. The van der Waals surface area contributed by atoms with Crippen LogP contribution in [0.4, 0.5) is 0 Å². The van der Waals surface area contributed by atoms with E-state index in [1.54, 1.807) is 25.7 Å². The van der Waals surface area contributed by atoms with Crippen LogP contribution in [0.3, 0.4) is 0 Å². The van der Waals surface area contributed by atoms with Gasteiger partial charge in [0.25, 0.3) is 5.56 Å². The van der Waals surface area contributed by atoms with Crippen molar-refractivity contribution in [3.8, 4) is 11.5 Å². The van der Waals surface area contributed by atoms with Gasteiger partial charge in [0, 0.05) is 5.56 Å². The molecule has 0 saturated carbocycles. The second-order valence-corrected chi connectivity index (χ2v) is 12.2. The molecule has 1 aliphatic rings. The van der Waals surface area contributed by atoms with Crippen molar-refractivity contribution in [1.82, 2.24) is 4.57 Å². The van der Waals surface area contributed by atoms with Gasteiger partial charge < -0.3 is 14.2 Å². The highest BCUT2D eigenvalue weighted by atomic mass is 127. The maximum absolute atomic E-state index is 14.2. The Labute approximate surface area is 261 Å². The Bertz CT molecular complexity index is 1840. The van der Waals surface area contributed by atoms with E-state index >= 15 is 0 Å². The number of thiazole rings is 1. The number of methoxy groups -OCH3 is 2. The van der Waals surface area contributed by atoms with Crippen LogP contribution in [0.1, 0.15) is 55.0 Å². The van der Waals surface area contributed by atoms with E-state index < -0.39 is 12.0 Å². The smallest absolute Gasteiger partial charge is 0.338 e. The lowest BCUT2D eigenvalue weighted by Gasteiger charge is -2.26. The summed E-state index contributed by atoms with van der Waals surface area (Å²) in [6.07, 6.45) is 1.82. The number of fused-ring (bicyclic) bond motifs is 1. The van der Waals surface area contributed by atoms with Crippen LogP contribution in [-0.2, 0) is 9.53 Å². The molecule has 0 radical (unpaired) electrons. The summed E-state index contributed by atoms with van der Waals surface area (Å²) in [5.41, 5.74) is 4.12. The van der Waals surface area contributed by atoms with E-state index in [4.69, 9.17) is 19.2 Å². The van der Waals surface area contributed by atoms with E-state index in [0.29, 0.717) is 38.0 Å². The molecule has 42 heavy (non-hydrogen) atoms. The second-order valence-electron chi connectivity index (χ2n) is 9.99. The number of ether oxygens (including phenoxy) is 3. The molecule has 0 fully saturated rings. The largest absolute Gasteiger partial charge is 0.493 e. The van der Waals surface area contributed by atoms with Crippen molar-refractivity contribution < 1.29 is 19.0 Å². The molecule has 1 aliphatic heterocycles. The fraction of sp³-hybridized carbons (Fsp3) is 0.242. The van der Waals surface area contributed by atoms with Gasteiger partial charge in [0.15, 0.2) is 16.3 Å². The molecule has 0 N–H and O–H groups in total. The Balaban J connectivity index is 1.80. The zero-order valence-corrected chi connectivity index (χ0v) is 27.0. The molecular formula is C33H31IN2O5S. The predicted octanol–water partition coefficient (Wildman–Crippen LogP) is 5.68. The molecular weight excluding hydrogens is 663 g/mol. The number of hydrogen-bond acceptors (Lipinski definition) is 7.